The molecule has 0 aliphatic rings. The molecule has 0 fully saturated rings. The van der Waals surface area contributed by atoms with Gasteiger partial charge in [-0.1, -0.05) is 117 Å². The van der Waals surface area contributed by atoms with Gasteiger partial charge >= 0.3 is 11.9 Å². The van der Waals surface area contributed by atoms with Gasteiger partial charge in [0.05, 0.1) is 18.6 Å². The number of carbonyl (C=O) groups excluding carboxylic acids is 2. The third-order valence-corrected chi connectivity index (χ3v) is 6.05. The Labute approximate surface area is 201 Å². The molecule has 0 bridgehead atoms. The zero-order chi connectivity index (χ0) is 24.6. The largest absolute Gasteiger partial charge is 0.394 e. The van der Waals surface area contributed by atoms with Gasteiger partial charge < -0.3 is 10.2 Å². The van der Waals surface area contributed by atoms with E-state index in [-0.39, 0.29) is 6.42 Å². The molecule has 2 atom stereocenters. The molecular weight excluding hydrogens is 424 g/mol. The van der Waals surface area contributed by atoms with Crippen molar-refractivity contribution in [3.63, 3.8) is 0 Å². The summed E-state index contributed by atoms with van der Waals surface area (Å²) in [6, 6.07) is 0. The van der Waals surface area contributed by atoms with Crippen LogP contribution in [0.15, 0.2) is 0 Å². The highest BCUT2D eigenvalue weighted by Crippen LogP contribution is 2.18. The van der Waals surface area contributed by atoms with Crippen LogP contribution in [0.25, 0.3) is 0 Å². The molecule has 0 aromatic carbocycles. The van der Waals surface area contributed by atoms with Gasteiger partial charge in [0.1, 0.15) is 0 Å². The number of rotatable bonds is 24. The molecule has 7 nitrogen and oxygen atoms in total. The molecule has 196 valence electrons. The number of unbranched alkanes of at least 4 members (excludes halogenated alkanes) is 15. The highest BCUT2D eigenvalue weighted by Gasteiger charge is 2.29. The first-order chi connectivity index (χ1) is 16.1. The number of hydrogen-bond acceptors (Lipinski definition) is 7. The fourth-order valence-electron chi connectivity index (χ4n) is 3.86. The second-order valence-corrected chi connectivity index (χ2v) is 9.12. The van der Waals surface area contributed by atoms with E-state index in [0.717, 1.165) is 38.5 Å². The van der Waals surface area contributed by atoms with E-state index >= 15 is 0 Å². The van der Waals surface area contributed by atoms with Crippen molar-refractivity contribution in [3.05, 3.63) is 0 Å². The summed E-state index contributed by atoms with van der Waals surface area (Å²) in [6.07, 6.45) is 18.5. The van der Waals surface area contributed by atoms with Crippen molar-refractivity contribution in [1.29, 1.82) is 0 Å². The Morgan fingerprint density at radius 2 is 1.12 bits per heavy atom. The monoisotopic (exact) mass is 474 g/mol. The van der Waals surface area contributed by atoms with Crippen LogP contribution in [0.3, 0.4) is 0 Å². The molecule has 33 heavy (non-hydrogen) atoms. The Bertz CT molecular complexity index is 456. The number of carbonyl (C=O) groups is 2. The van der Waals surface area contributed by atoms with Gasteiger partial charge in [-0.3, -0.25) is 9.78 Å². The van der Waals surface area contributed by atoms with Crippen LogP contribution in [-0.4, -0.2) is 34.9 Å². The summed E-state index contributed by atoms with van der Waals surface area (Å²) in [5.41, 5.74) is 0. The minimum absolute atomic E-state index is 0.203. The zero-order valence-electron chi connectivity index (χ0n) is 21.2. The fourth-order valence-corrected chi connectivity index (χ4v) is 3.86. The second-order valence-electron chi connectivity index (χ2n) is 9.12. The van der Waals surface area contributed by atoms with Crippen LogP contribution in [0, 0.1) is 5.92 Å². The van der Waals surface area contributed by atoms with E-state index in [1.807, 2.05) is 0 Å². The summed E-state index contributed by atoms with van der Waals surface area (Å²) < 4.78 is 0. The van der Waals surface area contributed by atoms with E-state index in [2.05, 4.69) is 28.7 Å². The summed E-state index contributed by atoms with van der Waals surface area (Å²) >= 11 is 0. The molecule has 0 aliphatic carbocycles. The first-order valence-corrected chi connectivity index (χ1v) is 13.4. The molecule has 0 rings (SSSR count). The van der Waals surface area contributed by atoms with Crippen molar-refractivity contribution in [1.82, 2.24) is 0 Å². The number of aliphatic hydroxyl groups excluding tert-OH is 2. The van der Waals surface area contributed by atoms with E-state index in [0.29, 0.717) is 12.8 Å². The summed E-state index contributed by atoms with van der Waals surface area (Å²) in [4.78, 5) is 33.0. The maximum atomic E-state index is 12.2. The van der Waals surface area contributed by atoms with Crippen molar-refractivity contribution >= 4 is 11.9 Å². The summed E-state index contributed by atoms with van der Waals surface area (Å²) in [7, 11) is 0. The van der Waals surface area contributed by atoms with Crippen molar-refractivity contribution in [2.75, 3.05) is 6.61 Å². The molecule has 0 aromatic rings. The highest BCUT2D eigenvalue weighted by molar-refractivity contribution is 5.72. The normalized spacial score (nSPS) is 13.0. The van der Waals surface area contributed by atoms with E-state index in [1.54, 1.807) is 0 Å². The van der Waals surface area contributed by atoms with E-state index < -0.39 is 30.6 Å². The second kappa shape index (κ2) is 24.0. The minimum atomic E-state index is -1.23. The predicted octanol–water partition coefficient (Wildman–Crippen LogP) is 6.34. The average molecular weight is 475 g/mol. The number of hydrogen-bond donors (Lipinski definition) is 2. The van der Waals surface area contributed by atoms with Gasteiger partial charge in [-0.05, 0) is 12.8 Å². The van der Waals surface area contributed by atoms with Crippen LogP contribution in [0.4, 0.5) is 0 Å². The maximum absolute atomic E-state index is 12.2. The summed E-state index contributed by atoms with van der Waals surface area (Å²) in [5, 5.41) is 23.5. The maximum Gasteiger partial charge on any atom is 0.352 e. The lowest BCUT2D eigenvalue weighted by Gasteiger charge is -2.18. The van der Waals surface area contributed by atoms with Crippen LogP contribution >= 0.6 is 0 Å². The Morgan fingerprint density at radius 1 is 0.667 bits per heavy atom. The average Bonchev–Trinajstić information content (AvgIpc) is 2.81. The minimum Gasteiger partial charge on any atom is -0.394 e. The van der Waals surface area contributed by atoms with E-state index in [4.69, 9.17) is 0 Å². The van der Waals surface area contributed by atoms with Gasteiger partial charge in [0.15, 0.2) is 0 Å². The van der Waals surface area contributed by atoms with Crippen molar-refractivity contribution < 1.29 is 34.6 Å². The van der Waals surface area contributed by atoms with Gasteiger partial charge in [-0.2, -0.15) is 0 Å². The Hall–Kier alpha value is -1.18. The van der Waals surface area contributed by atoms with Crippen LogP contribution in [0.1, 0.15) is 136 Å². The van der Waals surface area contributed by atoms with Crippen LogP contribution < -0.4 is 0 Å². The van der Waals surface area contributed by atoms with Crippen LogP contribution in [0.2, 0.25) is 0 Å². The molecule has 0 heterocycles. The van der Waals surface area contributed by atoms with Crippen molar-refractivity contribution in [3.8, 4) is 0 Å². The Balaban J connectivity index is 3.88. The molecule has 0 spiro atoms. The third kappa shape index (κ3) is 20.0. The fraction of sp³-hybridized carbons (Fsp3) is 0.923. The first-order valence-electron chi connectivity index (χ1n) is 13.4. The quantitative estimate of drug-likeness (QED) is 0.0955. The molecule has 0 aliphatic heterocycles. The SMILES string of the molecule is CCCCCCCCCCCC(=O)OOOC(=O)C(CCCCCCCCCC)C(O)CO. The van der Waals surface area contributed by atoms with Gasteiger partial charge in [-0.25, -0.2) is 9.59 Å². The molecule has 0 radical (unpaired) electrons. The standard InChI is InChI=1S/C26H50O7/c1-3-5-7-9-11-13-15-17-19-21-25(29)31-33-32-26(30)23(24(28)22-27)20-18-16-14-12-10-8-6-4-2/h23-24,27-28H,3-22H2,1-2H3. The lowest BCUT2D eigenvalue weighted by atomic mass is 9.95. The molecule has 2 N–H and O–H groups in total. The van der Waals surface area contributed by atoms with Gasteiger partial charge in [-0.15, -0.1) is 0 Å². The Kier molecular flexibility index (Phi) is 23.1. The first kappa shape index (κ1) is 31.8. The van der Waals surface area contributed by atoms with Crippen LogP contribution in [-0.2, 0) is 24.4 Å². The molecule has 7 heteroatoms. The van der Waals surface area contributed by atoms with Gasteiger partial charge in [0.2, 0.25) is 0 Å². The van der Waals surface area contributed by atoms with Gasteiger partial charge in [0, 0.05) is 11.5 Å². The van der Waals surface area contributed by atoms with E-state index in [9.17, 15) is 19.8 Å². The molecule has 0 amide bonds. The lowest BCUT2D eigenvalue weighted by Crippen LogP contribution is -2.32. The predicted molar refractivity (Wildman–Crippen MR) is 129 cm³/mol. The van der Waals surface area contributed by atoms with Crippen molar-refractivity contribution in [2.24, 2.45) is 5.92 Å². The molecule has 0 saturated heterocycles. The topological polar surface area (TPSA) is 102 Å². The van der Waals surface area contributed by atoms with Crippen LogP contribution in [0.5, 0.6) is 0 Å². The third-order valence-electron chi connectivity index (χ3n) is 6.05. The molecule has 2 unspecified atom stereocenters. The highest BCUT2D eigenvalue weighted by atomic mass is 17.5. The molecule has 0 aromatic heterocycles. The Morgan fingerprint density at radius 3 is 1.61 bits per heavy atom. The smallest absolute Gasteiger partial charge is 0.352 e. The van der Waals surface area contributed by atoms with Gasteiger partial charge in [0.25, 0.3) is 0 Å². The van der Waals surface area contributed by atoms with E-state index in [1.165, 1.54) is 64.2 Å². The van der Waals surface area contributed by atoms with Crippen molar-refractivity contribution in [2.45, 2.75) is 142 Å². The summed E-state index contributed by atoms with van der Waals surface area (Å²) in [6.45, 7) is 3.85. The summed E-state index contributed by atoms with van der Waals surface area (Å²) in [5.74, 6) is -2.34. The molecular formula is C26H50O7. The lowest BCUT2D eigenvalue weighted by molar-refractivity contribution is -0.461. The zero-order valence-corrected chi connectivity index (χ0v) is 21.2. The number of aliphatic hydroxyl groups is 2. The molecule has 0 saturated carbocycles.